The predicted octanol–water partition coefficient (Wildman–Crippen LogP) is 12.4. The van der Waals surface area contributed by atoms with Gasteiger partial charge in [-0.2, -0.15) is 0 Å². The van der Waals surface area contributed by atoms with E-state index in [4.69, 9.17) is 18.6 Å². The summed E-state index contributed by atoms with van der Waals surface area (Å²) < 4.78 is 39.0. The second-order valence-corrected chi connectivity index (χ2v) is 37.8. The van der Waals surface area contributed by atoms with Gasteiger partial charge in [-0.25, -0.2) is 4.79 Å². The smallest absolute Gasteiger partial charge is 0.339 e. The number of aliphatic hydroxyl groups is 3. The van der Waals surface area contributed by atoms with Crippen LogP contribution in [0.1, 0.15) is 178 Å². The quantitative estimate of drug-likeness (QED) is 0.106. The topological polar surface area (TPSA) is 181 Å². The molecule has 1 aromatic carbocycles. The van der Waals surface area contributed by atoms with E-state index in [2.05, 4.69) is 96.2 Å². The number of Topliss-reactive ketones (excluding diaryl/α,β-unsaturated/α-hetero) is 1. The summed E-state index contributed by atoms with van der Waals surface area (Å²) in [6, 6.07) is 13.4. The summed E-state index contributed by atoms with van der Waals surface area (Å²) in [7, 11) is 0. The van der Waals surface area contributed by atoms with Crippen molar-refractivity contribution in [1.82, 2.24) is 10.2 Å². The van der Waals surface area contributed by atoms with E-state index in [-0.39, 0.29) is 89.1 Å². The number of cyclic esters (lactones) is 2. The number of ether oxygens (including phenoxy) is 4. The van der Waals surface area contributed by atoms with Gasteiger partial charge in [0.05, 0.1) is 42.6 Å². The van der Waals surface area contributed by atoms with Crippen molar-refractivity contribution in [2.24, 2.45) is 139 Å². The molecule has 31 atom stereocenters. The van der Waals surface area contributed by atoms with Crippen LogP contribution in [0.2, 0.25) is 0 Å². The molecule has 23 rings (SSSR count). The number of esters is 2. The number of hydrogen-bond donors (Lipinski definition) is 4. The molecule has 21 aliphatic rings. The van der Waals surface area contributed by atoms with Gasteiger partial charge in [-0.05, 0) is 233 Å². The van der Waals surface area contributed by atoms with Crippen molar-refractivity contribution in [3.8, 4) is 0 Å². The lowest BCUT2D eigenvalue weighted by Crippen LogP contribution is -2.84. The van der Waals surface area contributed by atoms with Crippen molar-refractivity contribution < 1.29 is 53.1 Å². The molecule has 98 heavy (non-hydrogen) atoms. The van der Waals surface area contributed by atoms with Crippen LogP contribution in [0.4, 0.5) is 0 Å². The molecule has 5 saturated heterocycles. The van der Waals surface area contributed by atoms with Gasteiger partial charge in [-0.1, -0.05) is 124 Å². The molecular weight excluding hydrogens is 1220 g/mol. The third-order valence-electron chi connectivity index (χ3n) is 36.1. The van der Waals surface area contributed by atoms with E-state index < -0.39 is 86.1 Å². The van der Waals surface area contributed by atoms with E-state index in [1.807, 2.05) is 6.07 Å². The van der Waals surface area contributed by atoms with Gasteiger partial charge in [0, 0.05) is 52.1 Å². The number of furan rings is 1. The normalized spacial score (nSPS) is 54.4. The zero-order valence-electron chi connectivity index (χ0n) is 57.4. The monoisotopic (exact) mass is 1330 g/mol. The van der Waals surface area contributed by atoms with Gasteiger partial charge in [-0.15, -0.1) is 0 Å². The predicted molar refractivity (Wildman–Crippen MR) is 361 cm³/mol. The molecule has 8 bridgehead atoms. The fourth-order valence-corrected chi connectivity index (χ4v) is 34.0. The summed E-state index contributed by atoms with van der Waals surface area (Å²) in [4.78, 5) is 54.6. The Morgan fingerprint density at radius 2 is 1.71 bits per heavy atom. The molecule has 518 valence electrons. The third kappa shape index (κ3) is 6.29. The highest BCUT2D eigenvalue weighted by atomic mass is 16.7. The molecular formula is C85H102N2O11. The number of nitrogens with zero attached hydrogens (tertiary/aromatic N) is 1. The molecule has 0 amide bonds. The van der Waals surface area contributed by atoms with Crippen molar-refractivity contribution in [3.05, 3.63) is 119 Å². The summed E-state index contributed by atoms with van der Waals surface area (Å²) in [5, 5.41) is 42.4. The van der Waals surface area contributed by atoms with Crippen LogP contribution in [0.15, 0.2) is 107 Å². The molecule has 7 aliphatic heterocycles. The van der Waals surface area contributed by atoms with E-state index >= 15 is 19.5 Å². The Hall–Kier alpha value is -4.63. The Labute approximate surface area is 577 Å². The number of hydrogen-bond acceptors (Lipinski definition) is 13. The van der Waals surface area contributed by atoms with Crippen LogP contribution in [-0.2, 0) is 46.2 Å². The number of ketones is 1. The zero-order valence-corrected chi connectivity index (χ0v) is 57.4. The third-order valence-corrected chi connectivity index (χ3v) is 36.1. The van der Waals surface area contributed by atoms with E-state index in [1.54, 1.807) is 11.8 Å². The Balaban J connectivity index is 0.761. The molecule has 0 radical (unpaired) electrons. The first kappa shape index (κ1) is 59.9. The molecule has 14 aliphatic carbocycles. The largest absolute Gasteiger partial charge is 0.469 e. The van der Waals surface area contributed by atoms with Crippen molar-refractivity contribution >= 4 is 17.7 Å². The van der Waals surface area contributed by atoms with Crippen LogP contribution < -0.4 is 5.32 Å². The number of rotatable bonds is 9. The molecule has 2 aromatic rings. The fourth-order valence-electron chi connectivity index (χ4n) is 34.0. The number of benzene rings is 1. The summed E-state index contributed by atoms with van der Waals surface area (Å²) in [5.74, 6) is 1.27. The molecule has 13 heteroatoms. The number of fused-ring (bicyclic) bond motifs is 6. The minimum atomic E-state index is -1.53. The van der Waals surface area contributed by atoms with Gasteiger partial charge in [-0.3, -0.25) is 14.9 Å². The fraction of sp³-hybridized carbons (Fsp3) is 0.729. The lowest BCUT2D eigenvalue weighted by molar-refractivity contribution is -0.315. The summed E-state index contributed by atoms with van der Waals surface area (Å²) in [5.41, 5.74) is -4.62. The SMILES string of the molecule is CC12CC3CC45C6CC7=CC8C9%10C=CC%11CCCCC%11C9CC=C9CCC(CC9%10)C89OC78C7(COC(=O)C84C=CC(C6)C54CCCC4)C9C(=O)C(O)C(C4CCCC(Cc5ccccc5)C4)(C37)C13OC3C(=O)OC2c1ccoc1CC(C(O)CO)C1CCC2C(C=CN3CNCC23)C1. The number of carbonyl (C=O) groups excluding carboxylic acids is 3. The van der Waals surface area contributed by atoms with Crippen molar-refractivity contribution in [2.75, 3.05) is 26.4 Å². The Morgan fingerprint density at radius 3 is 2.59 bits per heavy atom. The average molecular weight is 1330 g/mol. The second-order valence-electron chi connectivity index (χ2n) is 37.8. The van der Waals surface area contributed by atoms with Gasteiger partial charge >= 0.3 is 11.9 Å². The number of aliphatic hydroxyl groups excluding tert-OH is 3. The first-order valence-corrected chi connectivity index (χ1v) is 40.1. The van der Waals surface area contributed by atoms with Gasteiger partial charge in [0.25, 0.3) is 0 Å². The van der Waals surface area contributed by atoms with E-state index in [1.165, 1.54) is 36.8 Å². The Kier molecular flexibility index (Phi) is 12.0. The average Bonchev–Trinajstić information content (AvgIpc) is 1.40. The maximum atomic E-state index is 18.7. The minimum absolute atomic E-state index is 0.00979. The Bertz CT molecular complexity index is 3960. The first-order valence-electron chi connectivity index (χ1n) is 40.1. The molecule has 16 fully saturated rings. The van der Waals surface area contributed by atoms with Gasteiger partial charge < -0.3 is 43.6 Å². The van der Waals surface area contributed by atoms with Crippen molar-refractivity contribution in [2.45, 2.75) is 215 Å². The molecule has 13 nitrogen and oxygen atoms in total. The van der Waals surface area contributed by atoms with Crippen LogP contribution in [0, 0.1) is 139 Å². The van der Waals surface area contributed by atoms with Gasteiger partial charge in [0.1, 0.15) is 41.2 Å². The maximum absolute atomic E-state index is 18.7. The van der Waals surface area contributed by atoms with E-state index in [9.17, 15) is 14.9 Å². The highest BCUT2D eigenvalue weighted by molar-refractivity contribution is 5.96. The van der Waals surface area contributed by atoms with Crippen molar-refractivity contribution in [1.29, 1.82) is 0 Å². The molecule has 31 unspecified atom stereocenters. The highest BCUT2D eigenvalue weighted by Gasteiger charge is 3.03. The van der Waals surface area contributed by atoms with Gasteiger partial charge in [0.15, 0.2) is 11.9 Å². The van der Waals surface area contributed by atoms with E-state index in [0.29, 0.717) is 60.2 Å². The lowest BCUT2D eigenvalue weighted by atomic mass is 9.28. The van der Waals surface area contributed by atoms with E-state index in [0.717, 1.165) is 141 Å². The number of epoxide rings is 1. The number of nitrogens with one attached hydrogen (secondary N) is 1. The van der Waals surface area contributed by atoms with Crippen LogP contribution in [0.3, 0.4) is 0 Å². The Morgan fingerprint density at radius 1 is 0.837 bits per heavy atom. The molecule has 1 aromatic heterocycles. The van der Waals surface area contributed by atoms with Crippen molar-refractivity contribution in [3.63, 3.8) is 0 Å². The maximum Gasteiger partial charge on any atom is 0.339 e. The molecule has 11 saturated carbocycles. The van der Waals surface area contributed by atoms with Crippen LogP contribution in [0.5, 0.6) is 0 Å². The molecule has 8 spiro atoms. The highest BCUT2D eigenvalue weighted by Crippen LogP contribution is 2.96. The number of carbonyl (C=O) groups is 3. The minimum Gasteiger partial charge on any atom is -0.469 e. The second kappa shape index (κ2) is 19.6. The summed E-state index contributed by atoms with van der Waals surface area (Å²) in [6.45, 7) is 3.87. The van der Waals surface area contributed by atoms with Crippen LogP contribution >= 0.6 is 0 Å². The first-order chi connectivity index (χ1) is 47.8. The van der Waals surface area contributed by atoms with Gasteiger partial charge in [0.2, 0.25) is 0 Å². The zero-order chi connectivity index (χ0) is 65.3. The molecule has 8 heterocycles. The van der Waals surface area contributed by atoms with Crippen LogP contribution in [0.25, 0.3) is 0 Å². The summed E-state index contributed by atoms with van der Waals surface area (Å²) in [6.07, 6.45) is 41.8. The lowest BCUT2D eigenvalue weighted by Gasteiger charge is -2.74. The summed E-state index contributed by atoms with van der Waals surface area (Å²) >= 11 is 0. The standard InChI is InChI=1S/C85H102N2O11/c1-76-40-52-41-81-56-35-53(77(81)26-7-8-27-77)23-29-80(81)75(93)95-44-79-69(52)82(54-14-9-12-47(33-54)32-46-10-3-2-4-11-46,85(76)73(97-85)74(92)96-72(76)60-25-31-94-66(60)39-61(65(89)43-88)50-17-20-59-51(34-50)24-30-87-45-86-42-64(59)87)71(91)68(90)70(79)83-55-19-16-49-18-21-62-58-15-6-5-13-48(58)22-28-78(62,63(49)37-55)67(83)38-57(36-56)84(79,80)98-83/h2-4,10-11,18,22-25,28-31,38,47-48,50-56,58-59,61-65,67,69-73,86,88-89,91H,5-9,12-17,19-21,26-27,32-37,39-45H2,1H3. The van der Waals surface area contributed by atoms with Crippen LogP contribution in [-0.4, -0.2) is 106 Å². The number of allylic oxidation sites excluding steroid dienone is 6. The molecule has 4 N–H and O–H groups in total.